The molecule has 31 heavy (non-hydrogen) atoms. The van der Waals surface area contributed by atoms with Crippen LogP contribution >= 0.6 is 0 Å². The molecule has 1 aromatic rings. The summed E-state index contributed by atoms with van der Waals surface area (Å²) >= 11 is 0. The maximum absolute atomic E-state index is 12.2. The summed E-state index contributed by atoms with van der Waals surface area (Å²) < 4.78 is 5.68. The fourth-order valence-corrected chi connectivity index (χ4v) is 3.19. The van der Waals surface area contributed by atoms with Crippen LogP contribution in [0.4, 0.5) is 5.69 Å². The molecule has 172 valence electrons. The molecule has 8 heteroatoms. The number of carbonyl (C=O) groups is 2. The summed E-state index contributed by atoms with van der Waals surface area (Å²) in [6.07, 6.45) is 2.52. The van der Waals surface area contributed by atoms with Gasteiger partial charge in [-0.05, 0) is 71.7 Å². The standard InChI is InChI=1S/C23H37N5O3/c1-17(2)31-19-11-9-18(10-12-19)26-22(25-16-20(29)27-23(3,4)5)24-13-7-15-28-14-6-8-21(28)30/h9-12,17H,6-8,13-16H2,1-5H3,(H,27,29)(H2,24,25,26). The molecule has 0 aromatic heterocycles. The van der Waals surface area contributed by atoms with Crippen molar-refractivity contribution < 1.29 is 14.3 Å². The van der Waals surface area contributed by atoms with Gasteiger partial charge >= 0.3 is 0 Å². The molecular formula is C23H37N5O3. The first-order valence-corrected chi connectivity index (χ1v) is 11.0. The van der Waals surface area contributed by atoms with Crippen LogP contribution in [0.1, 0.15) is 53.9 Å². The summed E-state index contributed by atoms with van der Waals surface area (Å²) in [7, 11) is 0. The number of ether oxygens (including phenoxy) is 1. The SMILES string of the molecule is CC(C)Oc1ccc(NC(=NCC(=O)NC(C)(C)C)NCCCN2CCCC2=O)cc1. The van der Waals surface area contributed by atoms with Crippen LogP contribution in [0.15, 0.2) is 29.3 Å². The lowest BCUT2D eigenvalue weighted by Crippen LogP contribution is -2.42. The van der Waals surface area contributed by atoms with Crippen LogP contribution in [0, 0.1) is 0 Å². The molecule has 0 bridgehead atoms. The van der Waals surface area contributed by atoms with E-state index in [1.54, 1.807) is 0 Å². The second-order valence-corrected chi connectivity index (χ2v) is 9.04. The van der Waals surface area contributed by atoms with Gasteiger partial charge < -0.3 is 25.6 Å². The maximum atomic E-state index is 12.2. The lowest BCUT2D eigenvalue weighted by Gasteiger charge is -2.20. The topological polar surface area (TPSA) is 95.1 Å². The molecular weight excluding hydrogens is 394 g/mol. The molecule has 2 amide bonds. The summed E-state index contributed by atoms with van der Waals surface area (Å²) in [5, 5.41) is 9.41. The molecule has 1 fully saturated rings. The van der Waals surface area contributed by atoms with E-state index in [1.807, 2.05) is 63.8 Å². The summed E-state index contributed by atoms with van der Waals surface area (Å²) in [6, 6.07) is 7.61. The Labute approximate surface area is 185 Å². The van der Waals surface area contributed by atoms with Crippen molar-refractivity contribution in [3.8, 4) is 5.75 Å². The van der Waals surface area contributed by atoms with Crippen molar-refractivity contribution in [1.82, 2.24) is 15.5 Å². The average Bonchev–Trinajstić information content (AvgIpc) is 3.07. The molecule has 3 N–H and O–H groups in total. The smallest absolute Gasteiger partial charge is 0.242 e. The minimum atomic E-state index is -0.303. The third-order valence-corrected chi connectivity index (χ3v) is 4.45. The predicted molar refractivity (Wildman–Crippen MR) is 124 cm³/mol. The van der Waals surface area contributed by atoms with Gasteiger partial charge in [-0.25, -0.2) is 4.99 Å². The first-order chi connectivity index (χ1) is 14.6. The van der Waals surface area contributed by atoms with E-state index in [2.05, 4.69) is 20.9 Å². The number of nitrogens with zero attached hydrogens (tertiary/aromatic N) is 2. The number of carbonyl (C=O) groups excluding carboxylic acids is 2. The Morgan fingerprint density at radius 1 is 1.23 bits per heavy atom. The average molecular weight is 432 g/mol. The fraction of sp³-hybridized carbons (Fsp3) is 0.609. The van der Waals surface area contributed by atoms with Crippen LogP contribution in [0.25, 0.3) is 0 Å². The molecule has 0 spiro atoms. The van der Waals surface area contributed by atoms with E-state index >= 15 is 0 Å². The van der Waals surface area contributed by atoms with E-state index in [0.29, 0.717) is 18.9 Å². The number of likely N-dealkylation sites (tertiary alicyclic amines) is 1. The molecule has 2 rings (SSSR count). The van der Waals surface area contributed by atoms with Gasteiger partial charge in [0.25, 0.3) is 0 Å². The molecule has 0 atom stereocenters. The van der Waals surface area contributed by atoms with Crippen LogP contribution in [-0.2, 0) is 9.59 Å². The second-order valence-electron chi connectivity index (χ2n) is 9.04. The lowest BCUT2D eigenvalue weighted by atomic mass is 10.1. The van der Waals surface area contributed by atoms with Gasteiger partial charge in [-0.2, -0.15) is 0 Å². The summed E-state index contributed by atoms with van der Waals surface area (Å²) in [5.74, 6) is 1.41. The number of aliphatic imine (C=N–C) groups is 1. The van der Waals surface area contributed by atoms with Gasteiger partial charge in [-0.3, -0.25) is 9.59 Å². The van der Waals surface area contributed by atoms with Gasteiger partial charge in [0.15, 0.2) is 5.96 Å². The molecule has 1 saturated heterocycles. The van der Waals surface area contributed by atoms with Gasteiger partial charge in [0.05, 0.1) is 6.10 Å². The molecule has 1 heterocycles. The molecule has 0 aliphatic carbocycles. The van der Waals surface area contributed by atoms with Crippen molar-refractivity contribution in [2.45, 2.75) is 65.5 Å². The number of guanidine groups is 1. The highest BCUT2D eigenvalue weighted by molar-refractivity contribution is 5.95. The molecule has 0 saturated carbocycles. The van der Waals surface area contributed by atoms with Crippen LogP contribution in [0.3, 0.4) is 0 Å². The summed E-state index contributed by atoms with van der Waals surface area (Å²) in [6.45, 7) is 12.0. The van der Waals surface area contributed by atoms with E-state index in [-0.39, 0.29) is 30.0 Å². The number of benzene rings is 1. The number of anilines is 1. The Balaban J connectivity index is 1.94. The lowest BCUT2D eigenvalue weighted by molar-refractivity contribution is -0.127. The van der Waals surface area contributed by atoms with E-state index in [0.717, 1.165) is 37.4 Å². The molecule has 0 radical (unpaired) electrons. The van der Waals surface area contributed by atoms with Crippen LogP contribution < -0.4 is 20.7 Å². The minimum Gasteiger partial charge on any atom is -0.491 e. The third-order valence-electron chi connectivity index (χ3n) is 4.45. The molecule has 1 aliphatic heterocycles. The van der Waals surface area contributed by atoms with Crippen molar-refractivity contribution in [2.24, 2.45) is 4.99 Å². The highest BCUT2D eigenvalue weighted by Crippen LogP contribution is 2.17. The Morgan fingerprint density at radius 2 is 1.94 bits per heavy atom. The Morgan fingerprint density at radius 3 is 2.52 bits per heavy atom. The van der Waals surface area contributed by atoms with Crippen molar-refractivity contribution in [3.63, 3.8) is 0 Å². The summed E-state index contributed by atoms with van der Waals surface area (Å²) in [4.78, 5) is 30.2. The zero-order valence-electron chi connectivity index (χ0n) is 19.5. The number of amides is 2. The highest BCUT2D eigenvalue weighted by atomic mass is 16.5. The van der Waals surface area contributed by atoms with Gasteiger partial charge in [0, 0.05) is 37.3 Å². The Hall–Kier alpha value is -2.77. The predicted octanol–water partition coefficient (Wildman–Crippen LogP) is 2.76. The largest absolute Gasteiger partial charge is 0.491 e. The van der Waals surface area contributed by atoms with E-state index in [4.69, 9.17) is 4.74 Å². The number of hydrogen-bond donors (Lipinski definition) is 3. The quantitative estimate of drug-likeness (QED) is 0.317. The highest BCUT2D eigenvalue weighted by Gasteiger charge is 2.19. The number of rotatable bonds is 9. The van der Waals surface area contributed by atoms with Crippen molar-refractivity contribution in [3.05, 3.63) is 24.3 Å². The zero-order chi connectivity index (χ0) is 22.9. The van der Waals surface area contributed by atoms with E-state index in [1.165, 1.54) is 0 Å². The molecule has 1 aliphatic rings. The van der Waals surface area contributed by atoms with Crippen LogP contribution in [0.5, 0.6) is 5.75 Å². The fourth-order valence-electron chi connectivity index (χ4n) is 3.19. The molecule has 1 aromatic carbocycles. The van der Waals surface area contributed by atoms with Gasteiger partial charge in [-0.15, -0.1) is 0 Å². The molecule has 8 nitrogen and oxygen atoms in total. The Kier molecular flexibility index (Phi) is 9.15. The number of nitrogens with one attached hydrogen (secondary N) is 3. The second kappa shape index (κ2) is 11.6. The van der Waals surface area contributed by atoms with Gasteiger partial charge in [-0.1, -0.05) is 0 Å². The summed E-state index contributed by atoms with van der Waals surface area (Å²) in [5.41, 5.74) is 0.538. The van der Waals surface area contributed by atoms with E-state index < -0.39 is 0 Å². The monoisotopic (exact) mass is 431 g/mol. The van der Waals surface area contributed by atoms with Gasteiger partial charge in [0.1, 0.15) is 12.3 Å². The Bertz CT molecular complexity index is 753. The van der Waals surface area contributed by atoms with Crippen molar-refractivity contribution >= 4 is 23.5 Å². The zero-order valence-corrected chi connectivity index (χ0v) is 19.5. The van der Waals surface area contributed by atoms with Crippen molar-refractivity contribution in [1.29, 1.82) is 0 Å². The van der Waals surface area contributed by atoms with Crippen LogP contribution in [0.2, 0.25) is 0 Å². The van der Waals surface area contributed by atoms with Crippen molar-refractivity contribution in [2.75, 3.05) is 31.5 Å². The first-order valence-electron chi connectivity index (χ1n) is 11.0. The minimum absolute atomic E-state index is 0.0196. The van der Waals surface area contributed by atoms with Crippen LogP contribution in [-0.4, -0.2) is 60.5 Å². The third kappa shape index (κ3) is 9.72. The maximum Gasteiger partial charge on any atom is 0.242 e. The number of hydrogen-bond acceptors (Lipinski definition) is 4. The van der Waals surface area contributed by atoms with E-state index in [9.17, 15) is 9.59 Å². The first kappa shape index (κ1) is 24.5. The van der Waals surface area contributed by atoms with Gasteiger partial charge in [0.2, 0.25) is 11.8 Å². The normalized spacial score (nSPS) is 14.7. The molecule has 0 unspecified atom stereocenters.